The van der Waals surface area contributed by atoms with E-state index in [9.17, 15) is 0 Å². The molecule has 2 aromatic heterocycles. The summed E-state index contributed by atoms with van der Waals surface area (Å²) in [6.45, 7) is 1.06. The van der Waals surface area contributed by atoms with Gasteiger partial charge in [-0.05, 0) is 30.4 Å². The maximum absolute atomic E-state index is 6.19. The predicted octanol–water partition coefficient (Wildman–Crippen LogP) is 3.46. The summed E-state index contributed by atoms with van der Waals surface area (Å²) in [6.07, 6.45) is 3.58. The van der Waals surface area contributed by atoms with Crippen LogP contribution in [-0.2, 0) is 20.1 Å². The van der Waals surface area contributed by atoms with Gasteiger partial charge in [-0.1, -0.05) is 29.3 Å². The van der Waals surface area contributed by atoms with Crippen LogP contribution in [0, 0.1) is 0 Å². The van der Waals surface area contributed by atoms with Gasteiger partial charge in [0.25, 0.3) is 0 Å². The SMILES string of the molecule is Cn1nccc1CNC(=S)Nc1ccn(Cc2c(Cl)cccc2Cl)n1. The molecule has 0 saturated carbocycles. The lowest BCUT2D eigenvalue weighted by molar-refractivity contribution is 0.688. The van der Waals surface area contributed by atoms with Gasteiger partial charge in [0.1, 0.15) is 0 Å². The van der Waals surface area contributed by atoms with E-state index in [-0.39, 0.29) is 0 Å². The number of anilines is 1. The van der Waals surface area contributed by atoms with Gasteiger partial charge in [0.15, 0.2) is 10.9 Å². The fourth-order valence-electron chi connectivity index (χ4n) is 2.27. The molecule has 130 valence electrons. The van der Waals surface area contributed by atoms with Crippen LogP contribution < -0.4 is 10.6 Å². The molecule has 0 bridgehead atoms. The highest BCUT2D eigenvalue weighted by Crippen LogP contribution is 2.25. The molecule has 0 aliphatic rings. The average Bonchev–Trinajstić information content (AvgIpc) is 3.18. The Labute approximate surface area is 160 Å². The Balaban J connectivity index is 1.58. The van der Waals surface area contributed by atoms with Crippen LogP contribution in [0.2, 0.25) is 10.0 Å². The van der Waals surface area contributed by atoms with Gasteiger partial charge in [0, 0.05) is 41.1 Å². The number of rotatable bonds is 5. The number of benzene rings is 1. The second-order valence-corrected chi connectivity index (χ2v) is 6.58. The van der Waals surface area contributed by atoms with Gasteiger partial charge in [-0.2, -0.15) is 10.2 Å². The Morgan fingerprint density at radius 1 is 1.20 bits per heavy atom. The Kier molecular flexibility index (Phi) is 5.57. The molecule has 0 radical (unpaired) electrons. The molecule has 1 aromatic carbocycles. The highest BCUT2D eigenvalue weighted by atomic mass is 35.5. The van der Waals surface area contributed by atoms with E-state index in [1.54, 1.807) is 15.6 Å². The summed E-state index contributed by atoms with van der Waals surface area (Å²) in [6, 6.07) is 9.20. The van der Waals surface area contributed by atoms with Crippen LogP contribution in [0.3, 0.4) is 0 Å². The van der Waals surface area contributed by atoms with Gasteiger partial charge in [-0.3, -0.25) is 9.36 Å². The summed E-state index contributed by atoms with van der Waals surface area (Å²) in [5.41, 5.74) is 1.86. The second-order valence-electron chi connectivity index (χ2n) is 5.35. The topological polar surface area (TPSA) is 59.7 Å². The summed E-state index contributed by atoms with van der Waals surface area (Å²) < 4.78 is 3.54. The molecular formula is C16H16Cl2N6S. The van der Waals surface area contributed by atoms with Gasteiger partial charge < -0.3 is 10.6 Å². The van der Waals surface area contributed by atoms with Crippen molar-refractivity contribution in [2.45, 2.75) is 13.1 Å². The third kappa shape index (κ3) is 4.50. The number of halogens is 2. The zero-order chi connectivity index (χ0) is 17.8. The number of aromatic nitrogens is 4. The molecule has 2 heterocycles. The predicted molar refractivity (Wildman–Crippen MR) is 104 cm³/mol. The highest BCUT2D eigenvalue weighted by Gasteiger charge is 2.08. The first-order valence-electron chi connectivity index (χ1n) is 7.51. The smallest absolute Gasteiger partial charge is 0.172 e. The fourth-order valence-corrected chi connectivity index (χ4v) is 2.96. The molecular weight excluding hydrogens is 379 g/mol. The maximum atomic E-state index is 6.19. The van der Waals surface area contributed by atoms with Crippen LogP contribution in [0.4, 0.5) is 5.82 Å². The molecule has 3 rings (SSSR count). The molecule has 0 amide bonds. The van der Waals surface area contributed by atoms with E-state index in [4.69, 9.17) is 35.4 Å². The Bertz CT molecular complexity index is 868. The minimum absolute atomic E-state index is 0.482. The molecule has 0 aliphatic heterocycles. The van der Waals surface area contributed by atoms with Crippen molar-refractivity contribution in [3.63, 3.8) is 0 Å². The normalized spacial score (nSPS) is 10.7. The van der Waals surface area contributed by atoms with E-state index < -0.39 is 0 Å². The maximum Gasteiger partial charge on any atom is 0.172 e. The average molecular weight is 395 g/mol. The van der Waals surface area contributed by atoms with Gasteiger partial charge in [0.2, 0.25) is 0 Å². The summed E-state index contributed by atoms with van der Waals surface area (Å²) >= 11 is 17.7. The van der Waals surface area contributed by atoms with E-state index in [1.165, 1.54) is 0 Å². The van der Waals surface area contributed by atoms with Crippen LogP contribution in [0.15, 0.2) is 42.7 Å². The van der Waals surface area contributed by atoms with Crippen molar-refractivity contribution in [2.24, 2.45) is 7.05 Å². The van der Waals surface area contributed by atoms with Gasteiger partial charge in [0.05, 0.1) is 18.8 Å². The standard InChI is InChI=1S/C16H16Cl2N6S/c1-23-11(5-7-20-23)9-19-16(25)21-15-6-8-24(22-15)10-12-13(17)3-2-4-14(12)18/h2-8H,9-10H2,1H3,(H2,19,21,22,25). The number of thiocarbonyl (C=S) groups is 1. The number of hydrogen-bond acceptors (Lipinski definition) is 3. The molecule has 0 spiro atoms. The van der Waals surface area contributed by atoms with Crippen LogP contribution in [0.25, 0.3) is 0 Å². The Hall–Kier alpha value is -2.09. The lowest BCUT2D eigenvalue weighted by Crippen LogP contribution is -2.29. The van der Waals surface area contributed by atoms with Crippen molar-refractivity contribution in [3.8, 4) is 0 Å². The van der Waals surface area contributed by atoms with Gasteiger partial charge in [-0.15, -0.1) is 0 Å². The molecule has 9 heteroatoms. The van der Waals surface area contributed by atoms with E-state index in [0.717, 1.165) is 11.3 Å². The lowest BCUT2D eigenvalue weighted by atomic mass is 10.2. The minimum atomic E-state index is 0.482. The molecule has 0 atom stereocenters. The summed E-state index contributed by atoms with van der Waals surface area (Å²) in [5, 5.41) is 16.4. The first-order chi connectivity index (χ1) is 12.0. The number of nitrogens with one attached hydrogen (secondary N) is 2. The summed E-state index contributed by atoms with van der Waals surface area (Å²) in [4.78, 5) is 0. The van der Waals surface area contributed by atoms with Crippen LogP contribution in [-0.4, -0.2) is 24.7 Å². The number of nitrogens with zero attached hydrogens (tertiary/aromatic N) is 4. The fraction of sp³-hybridized carbons (Fsp3) is 0.188. The molecule has 25 heavy (non-hydrogen) atoms. The quantitative estimate of drug-likeness (QED) is 0.648. The van der Waals surface area contributed by atoms with Crippen LogP contribution >= 0.6 is 35.4 Å². The lowest BCUT2D eigenvalue weighted by Gasteiger charge is -2.09. The van der Waals surface area contributed by atoms with Crippen molar-refractivity contribution >= 4 is 46.4 Å². The number of aryl methyl sites for hydroxylation is 1. The largest absolute Gasteiger partial charge is 0.357 e. The van der Waals surface area contributed by atoms with E-state index in [0.29, 0.717) is 34.1 Å². The monoisotopic (exact) mass is 394 g/mol. The minimum Gasteiger partial charge on any atom is -0.357 e. The Morgan fingerprint density at radius 2 is 1.96 bits per heavy atom. The second kappa shape index (κ2) is 7.86. The summed E-state index contributed by atoms with van der Waals surface area (Å²) in [7, 11) is 1.88. The van der Waals surface area contributed by atoms with Crippen molar-refractivity contribution in [3.05, 3.63) is 64.0 Å². The Morgan fingerprint density at radius 3 is 2.64 bits per heavy atom. The number of hydrogen-bond donors (Lipinski definition) is 2. The van der Waals surface area contributed by atoms with Crippen molar-refractivity contribution in [2.75, 3.05) is 5.32 Å². The summed E-state index contributed by atoms with van der Waals surface area (Å²) in [5.74, 6) is 0.644. The first kappa shape index (κ1) is 17.7. The van der Waals surface area contributed by atoms with Crippen molar-refractivity contribution in [1.29, 1.82) is 0 Å². The van der Waals surface area contributed by atoms with Crippen LogP contribution in [0.1, 0.15) is 11.3 Å². The molecule has 0 saturated heterocycles. The molecule has 0 fully saturated rings. The van der Waals surface area contributed by atoms with Crippen LogP contribution in [0.5, 0.6) is 0 Å². The highest BCUT2D eigenvalue weighted by molar-refractivity contribution is 7.80. The van der Waals surface area contributed by atoms with E-state index in [1.807, 2.05) is 43.6 Å². The van der Waals surface area contributed by atoms with E-state index in [2.05, 4.69) is 20.8 Å². The first-order valence-corrected chi connectivity index (χ1v) is 8.67. The molecule has 3 aromatic rings. The third-order valence-electron chi connectivity index (χ3n) is 3.62. The van der Waals surface area contributed by atoms with Crippen molar-refractivity contribution in [1.82, 2.24) is 24.9 Å². The van der Waals surface area contributed by atoms with E-state index >= 15 is 0 Å². The molecule has 0 aliphatic carbocycles. The molecule has 2 N–H and O–H groups in total. The van der Waals surface area contributed by atoms with Gasteiger partial charge in [-0.25, -0.2) is 0 Å². The van der Waals surface area contributed by atoms with Crippen molar-refractivity contribution < 1.29 is 0 Å². The van der Waals surface area contributed by atoms with Gasteiger partial charge >= 0.3 is 0 Å². The zero-order valence-electron chi connectivity index (χ0n) is 13.4. The molecule has 6 nitrogen and oxygen atoms in total. The third-order valence-corrected chi connectivity index (χ3v) is 4.57. The zero-order valence-corrected chi connectivity index (χ0v) is 15.7. The molecule has 0 unspecified atom stereocenters.